The number of aromatic nitrogens is 3. The molecule has 0 aliphatic heterocycles. The second kappa shape index (κ2) is 10.8. The molecule has 3 aromatic heterocycles. The molecule has 0 saturated carbocycles. The fourth-order valence-electron chi connectivity index (χ4n) is 8.39. The number of para-hydroxylation sites is 4. The zero-order valence-electron chi connectivity index (χ0n) is 27.7. The van der Waals surface area contributed by atoms with Gasteiger partial charge in [0.05, 0.1) is 33.1 Å². The van der Waals surface area contributed by atoms with Gasteiger partial charge in [0.2, 0.25) is 0 Å². The Balaban J connectivity index is 1.16. The maximum Gasteiger partial charge on any atom is 0.0561 e. The lowest BCUT2D eigenvalue weighted by atomic mass is 10.0. The minimum Gasteiger partial charge on any atom is -0.309 e. The second-order valence-corrected chi connectivity index (χ2v) is 13.4. The Kier molecular flexibility index (Phi) is 5.96. The van der Waals surface area contributed by atoms with Gasteiger partial charge < -0.3 is 13.7 Å². The molecule has 0 aliphatic carbocycles. The lowest BCUT2D eigenvalue weighted by Gasteiger charge is -2.13. The summed E-state index contributed by atoms with van der Waals surface area (Å²) in [6, 6.07) is 68.5. The van der Waals surface area contributed by atoms with E-state index in [1.165, 1.54) is 76.5 Å². The molecule has 0 saturated heterocycles. The van der Waals surface area contributed by atoms with Crippen molar-refractivity contribution in [1.29, 1.82) is 0 Å². The van der Waals surface area contributed by atoms with Crippen LogP contribution in [0.15, 0.2) is 188 Å². The summed E-state index contributed by atoms with van der Waals surface area (Å²) < 4.78 is 7.23. The van der Waals surface area contributed by atoms with E-state index in [-0.39, 0.29) is 0 Å². The third-order valence-electron chi connectivity index (χ3n) is 10.6. The lowest BCUT2D eigenvalue weighted by Crippen LogP contribution is -1.98. The van der Waals surface area contributed by atoms with Gasteiger partial charge in [-0.15, -0.1) is 0 Å². The molecule has 0 aliphatic rings. The van der Waals surface area contributed by atoms with Gasteiger partial charge in [0.15, 0.2) is 0 Å². The van der Waals surface area contributed by atoms with E-state index < -0.39 is 0 Å². The van der Waals surface area contributed by atoms with Crippen molar-refractivity contribution in [3.8, 4) is 28.2 Å². The first kappa shape index (κ1) is 28.0. The minimum absolute atomic E-state index is 1.13. The molecule has 0 radical (unpaired) electrons. The van der Waals surface area contributed by atoms with Crippen LogP contribution >= 0.6 is 0 Å². The highest BCUT2D eigenvalue weighted by molar-refractivity contribution is 6.13. The first-order chi connectivity index (χ1) is 25.3. The lowest BCUT2D eigenvalue weighted by molar-refractivity contribution is 1.14. The Morgan fingerprint density at radius 2 is 0.608 bits per heavy atom. The Morgan fingerprint density at radius 3 is 1.14 bits per heavy atom. The van der Waals surface area contributed by atoms with E-state index in [1.807, 2.05) is 0 Å². The van der Waals surface area contributed by atoms with Gasteiger partial charge in [-0.1, -0.05) is 115 Å². The van der Waals surface area contributed by atoms with Crippen LogP contribution < -0.4 is 0 Å². The molecule has 0 unspecified atom stereocenters. The monoisotopic (exact) mass is 649 g/mol. The zero-order valence-corrected chi connectivity index (χ0v) is 27.7. The normalized spacial score (nSPS) is 11.9. The third-order valence-corrected chi connectivity index (χ3v) is 10.6. The highest BCUT2D eigenvalue weighted by atomic mass is 15.0. The molecule has 0 bridgehead atoms. The van der Waals surface area contributed by atoms with Crippen molar-refractivity contribution >= 4 is 65.4 Å². The molecule has 51 heavy (non-hydrogen) atoms. The van der Waals surface area contributed by atoms with Crippen molar-refractivity contribution in [3.05, 3.63) is 188 Å². The van der Waals surface area contributed by atoms with Crippen LogP contribution in [0.2, 0.25) is 0 Å². The Labute approximate surface area is 294 Å². The number of hydrogen-bond acceptors (Lipinski definition) is 0. The predicted molar refractivity (Wildman–Crippen MR) is 215 cm³/mol. The van der Waals surface area contributed by atoms with Crippen LogP contribution in [-0.4, -0.2) is 13.7 Å². The van der Waals surface area contributed by atoms with Crippen LogP contribution in [0.3, 0.4) is 0 Å². The van der Waals surface area contributed by atoms with E-state index in [0.717, 1.165) is 17.1 Å². The first-order valence-corrected chi connectivity index (χ1v) is 17.5. The molecule has 0 N–H and O–H groups in total. The number of nitrogens with zero attached hydrogens (tertiary/aromatic N) is 3. The summed E-state index contributed by atoms with van der Waals surface area (Å²) >= 11 is 0. The van der Waals surface area contributed by atoms with E-state index in [4.69, 9.17) is 0 Å². The van der Waals surface area contributed by atoms with Gasteiger partial charge >= 0.3 is 0 Å². The largest absolute Gasteiger partial charge is 0.309 e. The quantitative estimate of drug-likeness (QED) is 0.180. The zero-order chi connectivity index (χ0) is 33.5. The molecule has 0 amide bonds. The average molecular weight is 650 g/mol. The van der Waals surface area contributed by atoms with Gasteiger partial charge in [0, 0.05) is 49.4 Å². The molecule has 238 valence electrons. The van der Waals surface area contributed by atoms with Crippen molar-refractivity contribution in [2.24, 2.45) is 0 Å². The Bertz CT molecular complexity index is 3010. The SMILES string of the molecule is c1ccc(-c2ccc3c(c2)c2ccc(-n4c5ccccc5c5ccccc54)cc2n3-c2ccc(-n3c4ccccc4c4ccccc43)cc2)cc1. The van der Waals surface area contributed by atoms with Gasteiger partial charge in [-0.3, -0.25) is 0 Å². The van der Waals surface area contributed by atoms with Crippen LogP contribution in [-0.2, 0) is 0 Å². The maximum atomic E-state index is 2.44. The summed E-state index contributed by atoms with van der Waals surface area (Å²) in [5, 5.41) is 7.55. The minimum atomic E-state index is 1.13. The molecule has 0 atom stereocenters. The van der Waals surface area contributed by atoms with E-state index in [0.29, 0.717) is 0 Å². The maximum absolute atomic E-state index is 2.44. The van der Waals surface area contributed by atoms with Crippen LogP contribution in [0.1, 0.15) is 0 Å². The number of rotatable bonds is 4. The highest BCUT2D eigenvalue weighted by Crippen LogP contribution is 2.39. The van der Waals surface area contributed by atoms with Crippen molar-refractivity contribution < 1.29 is 0 Å². The van der Waals surface area contributed by atoms with Crippen LogP contribution in [0, 0.1) is 0 Å². The van der Waals surface area contributed by atoms with Crippen LogP contribution in [0.25, 0.3) is 93.6 Å². The fourth-order valence-corrected chi connectivity index (χ4v) is 8.39. The fraction of sp³-hybridized carbons (Fsp3) is 0. The van der Waals surface area contributed by atoms with E-state index in [1.54, 1.807) is 0 Å². The molecular formula is C48H31N3. The summed E-state index contributed by atoms with van der Waals surface area (Å²) in [6.45, 7) is 0. The first-order valence-electron chi connectivity index (χ1n) is 17.5. The molecule has 8 aromatic carbocycles. The summed E-state index contributed by atoms with van der Waals surface area (Å²) in [5.41, 5.74) is 13.1. The van der Waals surface area contributed by atoms with Crippen molar-refractivity contribution in [2.75, 3.05) is 0 Å². The topological polar surface area (TPSA) is 14.8 Å². The van der Waals surface area contributed by atoms with Crippen molar-refractivity contribution in [3.63, 3.8) is 0 Å². The van der Waals surface area contributed by atoms with Crippen molar-refractivity contribution in [1.82, 2.24) is 13.7 Å². The summed E-state index contributed by atoms with van der Waals surface area (Å²) in [4.78, 5) is 0. The second-order valence-electron chi connectivity index (χ2n) is 13.4. The molecular weight excluding hydrogens is 619 g/mol. The molecule has 3 nitrogen and oxygen atoms in total. The molecule has 11 aromatic rings. The summed E-state index contributed by atoms with van der Waals surface area (Å²) in [7, 11) is 0. The standard InChI is InChI=1S/C48H31N3/c1-2-12-32(13-3-1)33-22-29-47-42(30-33)41-28-27-36(51-45-20-10-6-16-39(45)40-17-7-11-21-46(40)51)31-48(41)50(47)35-25-23-34(24-26-35)49-43-18-8-4-14-37(43)38-15-5-9-19-44(38)49/h1-31H. The summed E-state index contributed by atoms with van der Waals surface area (Å²) in [5.74, 6) is 0. The third kappa shape index (κ3) is 4.12. The molecule has 0 fully saturated rings. The average Bonchev–Trinajstić information content (AvgIpc) is 3.83. The number of fused-ring (bicyclic) bond motifs is 9. The van der Waals surface area contributed by atoms with Crippen LogP contribution in [0.5, 0.6) is 0 Å². The van der Waals surface area contributed by atoms with Gasteiger partial charge in [0.1, 0.15) is 0 Å². The highest BCUT2D eigenvalue weighted by Gasteiger charge is 2.18. The molecule has 0 spiro atoms. The van der Waals surface area contributed by atoms with Gasteiger partial charge in [-0.2, -0.15) is 0 Å². The van der Waals surface area contributed by atoms with Gasteiger partial charge in [-0.05, 0) is 83.9 Å². The number of benzene rings is 8. The van der Waals surface area contributed by atoms with E-state index >= 15 is 0 Å². The number of hydrogen-bond donors (Lipinski definition) is 0. The van der Waals surface area contributed by atoms with E-state index in [9.17, 15) is 0 Å². The van der Waals surface area contributed by atoms with Crippen LogP contribution in [0.4, 0.5) is 0 Å². The molecule has 3 heterocycles. The van der Waals surface area contributed by atoms with Gasteiger partial charge in [-0.25, -0.2) is 0 Å². The Morgan fingerprint density at radius 1 is 0.216 bits per heavy atom. The van der Waals surface area contributed by atoms with Gasteiger partial charge in [0.25, 0.3) is 0 Å². The smallest absolute Gasteiger partial charge is 0.0561 e. The van der Waals surface area contributed by atoms with E-state index in [2.05, 4.69) is 202 Å². The Hall–Kier alpha value is -6.84. The molecule has 3 heteroatoms. The predicted octanol–water partition coefficient (Wildman–Crippen LogP) is 12.6. The van der Waals surface area contributed by atoms with Crippen molar-refractivity contribution in [2.45, 2.75) is 0 Å². The molecule has 11 rings (SSSR count). The summed E-state index contributed by atoms with van der Waals surface area (Å²) in [6.07, 6.45) is 0.